The maximum atomic E-state index is 13.5. The molecule has 0 aliphatic carbocycles. The first kappa shape index (κ1) is 46.4. The Morgan fingerprint density at radius 2 is 1.47 bits per heavy atom. The van der Waals surface area contributed by atoms with Gasteiger partial charge in [0.1, 0.15) is 30.2 Å². The number of amides is 9. The van der Waals surface area contributed by atoms with Crippen LogP contribution in [0.3, 0.4) is 0 Å². The Labute approximate surface area is 338 Å². The van der Waals surface area contributed by atoms with Crippen molar-refractivity contribution < 1.29 is 58.2 Å². The molecule has 314 valence electrons. The Morgan fingerprint density at radius 3 is 2.12 bits per heavy atom. The minimum absolute atomic E-state index is 0.163. The van der Waals surface area contributed by atoms with Crippen LogP contribution in [-0.4, -0.2) is 148 Å². The van der Waals surface area contributed by atoms with Crippen LogP contribution >= 0.6 is 21.6 Å². The molecule has 0 aromatic heterocycles. The van der Waals surface area contributed by atoms with Gasteiger partial charge in [0.05, 0.1) is 49.7 Å². The third-order valence-electron chi connectivity index (χ3n) is 8.50. The predicted octanol–water partition coefficient (Wildman–Crippen LogP) is -6.21. The van der Waals surface area contributed by atoms with E-state index in [-0.39, 0.29) is 36.5 Å². The molecular weight excluding hydrogens is 807 g/mol. The van der Waals surface area contributed by atoms with Gasteiger partial charge in [-0.1, -0.05) is 33.7 Å². The van der Waals surface area contributed by atoms with Crippen LogP contribution < -0.4 is 49.1 Å². The maximum absolute atomic E-state index is 13.5. The molecule has 1 aromatic carbocycles. The second kappa shape index (κ2) is 22.1. The molecular formula is C33H43N11O12S2. The number of carbonyl (C=O) groups excluding carboxylic acids is 9. The highest BCUT2D eigenvalue weighted by Gasteiger charge is 2.41. The summed E-state index contributed by atoms with van der Waals surface area (Å²) < 4.78 is 0. The highest BCUT2D eigenvalue weighted by molar-refractivity contribution is 8.76. The summed E-state index contributed by atoms with van der Waals surface area (Å²) in [6.45, 7) is -1.94. The Bertz CT molecular complexity index is 1830. The number of nitrogens with one attached hydrogen (secondary N) is 6. The number of aliphatic hydroxyl groups excluding tert-OH is 1. The number of hydrogen-bond donors (Lipinski definition) is 11. The number of primary amides is 2. The molecule has 0 unspecified atom stereocenters. The molecule has 1 aromatic rings. The van der Waals surface area contributed by atoms with E-state index in [0.29, 0.717) is 5.56 Å². The zero-order valence-corrected chi connectivity index (χ0v) is 32.3. The SMILES string of the molecule is N#Cc1cccc(C[C@@H]2NC(=O)CNC(=O)[C@@H](CC(=O)O)NC(=O)[C@H](N)CSSC[C@H](C(N)=O)NC(=O)[C@H](CC(N)=O)NC(=O)[C@@H]3C[C@@H](O)CN3C(=O)CNC2=O)c1. The van der Waals surface area contributed by atoms with Gasteiger partial charge in [-0.3, -0.25) is 47.9 Å². The van der Waals surface area contributed by atoms with E-state index in [4.69, 9.17) is 17.2 Å². The topological polar surface area (TPSA) is 388 Å². The van der Waals surface area contributed by atoms with Crippen molar-refractivity contribution in [2.24, 2.45) is 17.2 Å². The van der Waals surface area contributed by atoms with Crippen molar-refractivity contribution >= 4 is 80.7 Å². The predicted molar refractivity (Wildman–Crippen MR) is 203 cm³/mol. The number of rotatable bonds is 7. The number of carboxylic acids is 1. The van der Waals surface area contributed by atoms with Gasteiger partial charge in [0.2, 0.25) is 53.2 Å². The lowest BCUT2D eigenvalue weighted by Crippen LogP contribution is -2.58. The van der Waals surface area contributed by atoms with Crippen molar-refractivity contribution in [1.82, 2.24) is 36.8 Å². The first-order valence-electron chi connectivity index (χ1n) is 17.4. The fourth-order valence-electron chi connectivity index (χ4n) is 5.60. The Morgan fingerprint density at radius 1 is 0.828 bits per heavy atom. The molecule has 3 rings (SSSR count). The van der Waals surface area contributed by atoms with Crippen LogP contribution in [-0.2, 0) is 54.4 Å². The molecule has 2 aliphatic heterocycles. The summed E-state index contributed by atoms with van der Waals surface area (Å²) in [5.74, 6) is -10.7. The summed E-state index contributed by atoms with van der Waals surface area (Å²) in [5, 5.41) is 42.9. The highest BCUT2D eigenvalue weighted by atomic mass is 33.1. The fourth-order valence-corrected chi connectivity index (χ4v) is 7.90. The number of hydrogen-bond acceptors (Lipinski definition) is 15. The molecule has 0 saturated carbocycles. The van der Waals surface area contributed by atoms with Gasteiger partial charge in [-0.05, 0) is 17.7 Å². The standard InChI is InChI=1S/C33H43N11O12S2/c34-9-16-3-1-2-15(4-16)5-19-30(53)39-11-26(48)44-12-17(45)6-23(44)33(56)42-20(7-24(36)46)32(55)43-22(28(37)51)14-58-57-13-18(35)29(52)41-21(8-27(49)50)31(54)38-10-25(47)40-19/h1-4,17-23,45H,5-8,10-14,35H2,(H2,36,46)(H2,37,51)(H,38,54)(H,39,53)(H,40,47)(H,41,52)(H,42,56)(H,43,55)(H,49,50)/t17-,18-,19+,20+,21-,22-,23+/m1/s1. The zero-order chi connectivity index (χ0) is 43.1. The van der Waals surface area contributed by atoms with Gasteiger partial charge in [0.25, 0.3) is 0 Å². The van der Waals surface area contributed by atoms with Gasteiger partial charge in [-0.25, -0.2) is 0 Å². The highest BCUT2D eigenvalue weighted by Crippen LogP contribution is 2.23. The summed E-state index contributed by atoms with van der Waals surface area (Å²) in [7, 11) is 1.87. The summed E-state index contributed by atoms with van der Waals surface area (Å²) in [4.78, 5) is 129. The lowest BCUT2D eigenvalue weighted by molar-refractivity contribution is -0.141. The molecule has 0 spiro atoms. The van der Waals surface area contributed by atoms with Crippen molar-refractivity contribution in [2.45, 2.75) is 68.0 Å². The van der Waals surface area contributed by atoms with E-state index in [1.165, 1.54) is 18.2 Å². The Hall–Kier alpha value is -5.97. The normalized spacial score (nSPS) is 26.3. The van der Waals surface area contributed by atoms with Gasteiger partial charge in [0.15, 0.2) is 0 Å². The van der Waals surface area contributed by atoms with Gasteiger partial charge in [-0.2, -0.15) is 5.26 Å². The second-order valence-electron chi connectivity index (χ2n) is 13.1. The van der Waals surface area contributed by atoms with E-state index in [1.54, 1.807) is 6.07 Å². The number of aliphatic carboxylic acids is 1. The first-order valence-corrected chi connectivity index (χ1v) is 19.9. The molecule has 58 heavy (non-hydrogen) atoms. The average Bonchev–Trinajstić information content (AvgIpc) is 3.56. The van der Waals surface area contributed by atoms with E-state index in [9.17, 15) is 63.4 Å². The Kier molecular flexibility index (Phi) is 17.7. The van der Waals surface area contributed by atoms with Crippen molar-refractivity contribution in [3.8, 4) is 6.07 Å². The van der Waals surface area contributed by atoms with Crippen molar-refractivity contribution in [2.75, 3.05) is 31.1 Å². The molecule has 2 fully saturated rings. The number of nitriles is 1. The van der Waals surface area contributed by atoms with Gasteiger partial charge in [-0.15, -0.1) is 0 Å². The summed E-state index contributed by atoms with van der Waals surface area (Å²) in [5.41, 5.74) is 17.3. The quantitative estimate of drug-likeness (QED) is 0.114. The third kappa shape index (κ3) is 14.5. The molecule has 9 amide bonds. The lowest BCUT2D eigenvalue weighted by Gasteiger charge is -2.27. The monoisotopic (exact) mass is 849 g/mol. The van der Waals surface area contributed by atoms with E-state index in [2.05, 4.69) is 31.9 Å². The van der Waals surface area contributed by atoms with Crippen molar-refractivity contribution in [1.29, 1.82) is 5.26 Å². The number of aliphatic hydroxyl groups is 1. The van der Waals surface area contributed by atoms with Gasteiger partial charge in [0, 0.05) is 30.9 Å². The Balaban J connectivity index is 1.93. The van der Waals surface area contributed by atoms with Gasteiger partial charge < -0.3 is 64.2 Å². The molecule has 7 atom stereocenters. The van der Waals surface area contributed by atoms with Crippen LogP contribution in [0.15, 0.2) is 24.3 Å². The lowest BCUT2D eigenvalue weighted by atomic mass is 10.0. The number of nitrogens with zero attached hydrogens (tertiary/aromatic N) is 2. The molecule has 2 saturated heterocycles. The largest absolute Gasteiger partial charge is 0.481 e. The molecule has 25 heteroatoms. The average molecular weight is 850 g/mol. The zero-order valence-electron chi connectivity index (χ0n) is 30.6. The number of fused-ring (bicyclic) bond motifs is 1. The third-order valence-corrected chi connectivity index (χ3v) is 10.9. The molecule has 14 N–H and O–H groups in total. The first-order chi connectivity index (χ1) is 27.4. The number of nitrogens with two attached hydrogens (primary N) is 3. The van der Waals surface area contributed by atoms with Gasteiger partial charge >= 0.3 is 5.97 Å². The summed E-state index contributed by atoms with van der Waals surface area (Å²) in [6, 6.07) is -0.979. The number of carbonyl (C=O) groups is 10. The van der Waals surface area contributed by atoms with Crippen LogP contribution in [0.25, 0.3) is 0 Å². The second-order valence-corrected chi connectivity index (χ2v) is 15.6. The number of benzene rings is 1. The van der Waals surface area contributed by atoms with E-state index in [0.717, 1.165) is 26.5 Å². The minimum Gasteiger partial charge on any atom is -0.481 e. The smallest absolute Gasteiger partial charge is 0.305 e. The molecule has 0 radical (unpaired) electrons. The van der Waals surface area contributed by atoms with Crippen molar-refractivity contribution in [3.05, 3.63) is 35.4 Å². The van der Waals surface area contributed by atoms with E-state index >= 15 is 0 Å². The molecule has 2 aliphatic rings. The molecule has 0 bridgehead atoms. The van der Waals surface area contributed by atoms with Crippen LogP contribution in [0.2, 0.25) is 0 Å². The molecule has 2 heterocycles. The maximum Gasteiger partial charge on any atom is 0.305 e. The van der Waals surface area contributed by atoms with Crippen LogP contribution in [0.5, 0.6) is 0 Å². The van der Waals surface area contributed by atoms with Crippen LogP contribution in [0.1, 0.15) is 30.4 Å². The fraction of sp³-hybridized carbons (Fsp3) is 0.485. The minimum atomic E-state index is -1.70. The summed E-state index contributed by atoms with van der Waals surface area (Å²) in [6.07, 6.45) is -3.41. The van der Waals surface area contributed by atoms with Crippen LogP contribution in [0.4, 0.5) is 0 Å². The van der Waals surface area contributed by atoms with Crippen LogP contribution in [0, 0.1) is 11.3 Å². The molecule has 23 nitrogen and oxygen atoms in total. The van der Waals surface area contributed by atoms with Crippen molar-refractivity contribution in [3.63, 3.8) is 0 Å². The van der Waals surface area contributed by atoms with E-state index < -0.39 is 127 Å². The van der Waals surface area contributed by atoms with E-state index in [1.807, 2.05) is 6.07 Å². The summed E-state index contributed by atoms with van der Waals surface area (Å²) >= 11 is 0. The number of carboxylic acid groups (broad SMARTS) is 1.